The van der Waals surface area contributed by atoms with Gasteiger partial charge in [0.15, 0.2) is 17.4 Å². The maximum Gasteiger partial charge on any atom is 0.319 e. The lowest BCUT2D eigenvalue weighted by Gasteiger charge is -2.44. The Morgan fingerprint density at radius 1 is 1.19 bits per heavy atom. The third kappa shape index (κ3) is 7.98. The molecule has 2 fully saturated rings. The summed E-state index contributed by atoms with van der Waals surface area (Å²) >= 11 is -2.09. The lowest BCUT2D eigenvalue weighted by atomic mass is 9.75. The van der Waals surface area contributed by atoms with Crippen LogP contribution < -0.4 is 15.4 Å². The van der Waals surface area contributed by atoms with Gasteiger partial charge in [-0.05, 0) is 67.5 Å². The summed E-state index contributed by atoms with van der Waals surface area (Å²) in [6.07, 6.45) is 5.23. The molecular formula is C34H39F2N4O6S-. The van der Waals surface area contributed by atoms with E-state index in [1.54, 1.807) is 30.3 Å². The van der Waals surface area contributed by atoms with Crippen molar-refractivity contribution in [1.82, 2.24) is 15.3 Å². The van der Waals surface area contributed by atoms with Crippen LogP contribution in [0.2, 0.25) is 0 Å². The van der Waals surface area contributed by atoms with Gasteiger partial charge in [0.05, 0.1) is 24.7 Å². The zero-order valence-electron chi connectivity index (χ0n) is 26.7. The number of benzene rings is 2. The molecule has 2 amide bonds. The maximum absolute atomic E-state index is 15.0. The molecule has 2 aromatic carbocycles. The number of aryl methyl sites for hydroxylation is 1. The van der Waals surface area contributed by atoms with Crippen molar-refractivity contribution in [3.63, 3.8) is 0 Å². The van der Waals surface area contributed by atoms with Crippen molar-refractivity contribution in [3.05, 3.63) is 77.6 Å². The molecule has 3 N–H and O–H groups in total. The number of aromatic nitrogens is 2. The highest BCUT2D eigenvalue weighted by Gasteiger charge is 2.41. The molecule has 4 aromatic rings. The van der Waals surface area contributed by atoms with Crippen LogP contribution in [-0.4, -0.2) is 57.2 Å². The molecule has 3 unspecified atom stereocenters. The van der Waals surface area contributed by atoms with Gasteiger partial charge in [-0.15, -0.1) is 0 Å². The van der Waals surface area contributed by atoms with Crippen LogP contribution in [0.1, 0.15) is 50.7 Å². The molecular weight excluding hydrogens is 630 g/mol. The molecule has 0 saturated carbocycles. The molecule has 0 aliphatic carbocycles. The van der Waals surface area contributed by atoms with Crippen LogP contribution in [0, 0.1) is 29.9 Å². The zero-order valence-corrected chi connectivity index (χ0v) is 27.5. The Hall–Kier alpha value is -3.91. The number of halogens is 2. The highest BCUT2D eigenvalue weighted by molar-refractivity contribution is 7.79. The number of amides is 2. The smallest absolute Gasteiger partial charge is 0.319 e. The van der Waals surface area contributed by atoms with E-state index in [1.165, 1.54) is 6.20 Å². The van der Waals surface area contributed by atoms with Crippen LogP contribution >= 0.6 is 0 Å². The number of rotatable bonds is 8. The highest BCUT2D eigenvalue weighted by Crippen LogP contribution is 2.41. The SMILES string of the molecule is CC1OCCCC1c1c[nH]c2nccc(Oc3c(F)cc(NC(=O)NCC4(C(C)C)COC4)cc3F)c12.Cc1ccc(S(=O)[O-])cc1. The molecule has 47 heavy (non-hydrogen) atoms. The second-order valence-electron chi connectivity index (χ2n) is 12.3. The summed E-state index contributed by atoms with van der Waals surface area (Å²) in [6.45, 7) is 10.3. The van der Waals surface area contributed by atoms with Crippen molar-refractivity contribution >= 4 is 33.8 Å². The number of nitrogens with one attached hydrogen (secondary N) is 3. The molecule has 2 aromatic heterocycles. The van der Waals surface area contributed by atoms with Gasteiger partial charge in [-0.25, -0.2) is 18.6 Å². The van der Waals surface area contributed by atoms with Gasteiger partial charge in [0.1, 0.15) is 11.4 Å². The fraction of sp³-hybridized carbons (Fsp3) is 0.412. The molecule has 2 aliphatic heterocycles. The number of anilines is 1. The summed E-state index contributed by atoms with van der Waals surface area (Å²) < 4.78 is 67.6. The van der Waals surface area contributed by atoms with Crippen LogP contribution in [0.4, 0.5) is 19.3 Å². The lowest BCUT2D eigenvalue weighted by molar-refractivity contribution is -0.134. The largest absolute Gasteiger partial charge is 0.768 e. The number of nitrogens with zero attached hydrogens (tertiary/aromatic N) is 1. The molecule has 0 spiro atoms. The average Bonchev–Trinajstić information content (AvgIpc) is 3.44. The van der Waals surface area contributed by atoms with Crippen molar-refractivity contribution < 1.29 is 36.5 Å². The summed E-state index contributed by atoms with van der Waals surface area (Å²) in [5, 5.41) is 5.95. The summed E-state index contributed by atoms with van der Waals surface area (Å²) in [5.41, 5.74) is 2.43. The Balaban J connectivity index is 0.000000371. The number of carbonyl (C=O) groups excluding carboxylic acids is 1. The van der Waals surface area contributed by atoms with Crippen molar-refractivity contribution in [2.45, 2.75) is 57.5 Å². The van der Waals surface area contributed by atoms with Crippen molar-refractivity contribution in [2.75, 3.05) is 31.7 Å². The van der Waals surface area contributed by atoms with Gasteiger partial charge in [0, 0.05) is 59.6 Å². The molecule has 13 heteroatoms. The standard InChI is InChI=1S/C27H32F2N4O4.C7H8O2S/c1-15(2)27(13-35-14-27)12-32-26(34)33-17-9-20(28)24(21(29)10-17)37-22-6-7-30-25-23(22)19(11-31-25)18-5-4-8-36-16(18)3;1-6-2-4-7(5-3-6)10(8)9/h6-7,9-11,15-16,18H,4-5,8,12-14H2,1-3H3,(H,30,31)(H2,32,33,34);2-5H,1H3,(H,8,9)/p-1. The topological polar surface area (TPSA) is 138 Å². The van der Waals surface area contributed by atoms with E-state index in [0.29, 0.717) is 48.2 Å². The molecule has 3 atom stereocenters. The van der Waals surface area contributed by atoms with Gasteiger partial charge in [-0.1, -0.05) is 31.5 Å². The van der Waals surface area contributed by atoms with E-state index in [1.807, 2.05) is 20.0 Å². The predicted octanol–water partition coefficient (Wildman–Crippen LogP) is 6.94. The quantitative estimate of drug-likeness (QED) is 0.173. The van der Waals surface area contributed by atoms with Gasteiger partial charge in [-0.2, -0.15) is 0 Å². The van der Waals surface area contributed by atoms with Crippen LogP contribution in [-0.2, 0) is 20.6 Å². The molecule has 6 rings (SSSR count). The molecule has 4 heterocycles. The van der Waals surface area contributed by atoms with Gasteiger partial charge in [0.25, 0.3) is 0 Å². The van der Waals surface area contributed by atoms with Gasteiger partial charge >= 0.3 is 6.03 Å². The number of hydrogen-bond donors (Lipinski definition) is 3. The molecule has 10 nitrogen and oxygen atoms in total. The number of carbonyl (C=O) groups is 1. The van der Waals surface area contributed by atoms with E-state index in [-0.39, 0.29) is 28.9 Å². The second kappa shape index (κ2) is 14.9. The fourth-order valence-electron chi connectivity index (χ4n) is 5.68. The summed E-state index contributed by atoms with van der Waals surface area (Å²) in [4.78, 5) is 20.2. The van der Waals surface area contributed by atoms with E-state index in [4.69, 9.17) is 14.2 Å². The van der Waals surface area contributed by atoms with E-state index in [0.717, 1.165) is 36.1 Å². The lowest BCUT2D eigenvalue weighted by Crippen LogP contribution is -2.54. The van der Waals surface area contributed by atoms with E-state index in [2.05, 4.69) is 34.4 Å². The minimum absolute atomic E-state index is 0.00184. The van der Waals surface area contributed by atoms with Crippen molar-refractivity contribution in [3.8, 4) is 11.5 Å². The summed E-state index contributed by atoms with van der Waals surface area (Å²) in [6, 6.07) is 9.82. The number of urea groups is 1. The van der Waals surface area contributed by atoms with E-state index >= 15 is 8.78 Å². The Morgan fingerprint density at radius 2 is 1.89 bits per heavy atom. The minimum Gasteiger partial charge on any atom is -0.768 e. The van der Waals surface area contributed by atoms with Crippen LogP contribution in [0.3, 0.4) is 0 Å². The number of hydrogen-bond acceptors (Lipinski definition) is 7. The number of H-pyrrole nitrogens is 1. The predicted molar refractivity (Wildman–Crippen MR) is 173 cm³/mol. The van der Waals surface area contributed by atoms with Crippen LogP contribution in [0.5, 0.6) is 11.5 Å². The van der Waals surface area contributed by atoms with Crippen molar-refractivity contribution in [1.29, 1.82) is 0 Å². The van der Waals surface area contributed by atoms with E-state index < -0.39 is 34.5 Å². The zero-order chi connectivity index (χ0) is 33.7. The summed E-state index contributed by atoms with van der Waals surface area (Å²) in [7, 11) is 0. The van der Waals surface area contributed by atoms with E-state index in [9.17, 15) is 13.6 Å². The molecule has 2 aliphatic rings. The Kier molecular flexibility index (Phi) is 10.9. The van der Waals surface area contributed by atoms with Gasteiger partial charge in [0.2, 0.25) is 0 Å². The minimum atomic E-state index is -2.09. The van der Waals surface area contributed by atoms with Crippen LogP contribution in [0.15, 0.2) is 59.8 Å². The van der Waals surface area contributed by atoms with Gasteiger partial charge in [-0.3, -0.25) is 4.21 Å². The van der Waals surface area contributed by atoms with Crippen LogP contribution in [0.25, 0.3) is 11.0 Å². The molecule has 252 valence electrons. The Labute approximate surface area is 274 Å². The molecule has 0 bridgehead atoms. The average molecular weight is 670 g/mol. The number of aromatic amines is 1. The number of pyridine rings is 1. The first-order valence-electron chi connectivity index (χ1n) is 15.5. The summed E-state index contributed by atoms with van der Waals surface area (Å²) in [5.74, 6) is -1.70. The van der Waals surface area contributed by atoms with Crippen molar-refractivity contribution in [2.24, 2.45) is 11.3 Å². The fourth-order valence-corrected chi connectivity index (χ4v) is 6.04. The normalized spacial score (nSPS) is 19.3. The van der Waals surface area contributed by atoms with Gasteiger partial charge < -0.3 is 34.4 Å². The molecule has 2 saturated heterocycles. The molecule has 0 radical (unpaired) electrons. The number of fused-ring (bicyclic) bond motifs is 1. The first-order chi connectivity index (χ1) is 22.5. The first-order valence-corrected chi connectivity index (χ1v) is 16.6. The number of ether oxygens (including phenoxy) is 3. The maximum atomic E-state index is 15.0. The Morgan fingerprint density at radius 3 is 2.49 bits per heavy atom. The first kappa shape index (κ1) is 34.4. The Bertz CT molecular complexity index is 1700. The second-order valence-corrected chi connectivity index (χ2v) is 13.3. The third-order valence-corrected chi connectivity index (χ3v) is 9.52. The highest BCUT2D eigenvalue weighted by atomic mass is 32.2. The third-order valence-electron chi connectivity index (χ3n) is 8.86. The monoisotopic (exact) mass is 669 g/mol.